The highest BCUT2D eigenvalue weighted by molar-refractivity contribution is 5.99. The zero-order valence-electron chi connectivity index (χ0n) is 14.5. The number of amides is 3. The Morgan fingerprint density at radius 3 is 2.46 bits per heavy atom. The smallest absolute Gasteiger partial charge is 0.342 e. The van der Waals surface area contributed by atoms with Gasteiger partial charge >= 0.3 is 12.0 Å². The molecule has 0 heterocycles. The summed E-state index contributed by atoms with van der Waals surface area (Å²) in [5.41, 5.74) is 1.35. The van der Waals surface area contributed by atoms with Crippen molar-refractivity contribution >= 4 is 17.9 Å². The van der Waals surface area contributed by atoms with Gasteiger partial charge in [0.05, 0.1) is 0 Å². The third kappa shape index (κ3) is 5.07. The van der Waals surface area contributed by atoms with Gasteiger partial charge in [-0.2, -0.15) is 0 Å². The van der Waals surface area contributed by atoms with Crippen LogP contribution in [0.3, 0.4) is 0 Å². The Bertz CT molecular complexity index is 805. The van der Waals surface area contributed by atoms with Crippen LogP contribution in [0.25, 0.3) is 0 Å². The van der Waals surface area contributed by atoms with E-state index in [4.69, 9.17) is 4.74 Å². The topological polar surface area (TPSA) is 105 Å². The van der Waals surface area contributed by atoms with Gasteiger partial charge in [0.25, 0.3) is 5.91 Å². The summed E-state index contributed by atoms with van der Waals surface area (Å²) in [6, 6.07) is 13.1. The lowest BCUT2D eigenvalue weighted by atomic mass is 10.1. The van der Waals surface area contributed by atoms with E-state index in [1.807, 2.05) is 30.3 Å². The van der Waals surface area contributed by atoms with Crippen LogP contribution in [-0.2, 0) is 16.1 Å². The summed E-state index contributed by atoms with van der Waals surface area (Å²) in [6.07, 6.45) is -1.20. The van der Waals surface area contributed by atoms with Crippen molar-refractivity contribution in [3.63, 3.8) is 0 Å². The minimum absolute atomic E-state index is 0.0434. The van der Waals surface area contributed by atoms with Gasteiger partial charge in [0, 0.05) is 6.54 Å². The highest BCUT2D eigenvalue weighted by Gasteiger charge is 2.22. The summed E-state index contributed by atoms with van der Waals surface area (Å²) in [6.45, 7) is 3.23. The maximum absolute atomic E-state index is 12.1. The molecule has 2 aromatic rings. The molecule has 26 heavy (non-hydrogen) atoms. The van der Waals surface area contributed by atoms with Gasteiger partial charge in [0.15, 0.2) is 6.10 Å². The Hall–Kier alpha value is -3.35. The van der Waals surface area contributed by atoms with Crippen LogP contribution in [0.2, 0.25) is 0 Å². The molecule has 7 heteroatoms. The fourth-order valence-electron chi connectivity index (χ4n) is 2.14. The van der Waals surface area contributed by atoms with E-state index in [1.165, 1.54) is 13.0 Å². The molecule has 1 unspecified atom stereocenters. The van der Waals surface area contributed by atoms with E-state index in [0.29, 0.717) is 5.56 Å². The van der Waals surface area contributed by atoms with Crippen LogP contribution in [0.4, 0.5) is 4.79 Å². The Kier molecular flexibility index (Phi) is 6.32. The largest absolute Gasteiger partial charge is 0.507 e. The van der Waals surface area contributed by atoms with E-state index in [0.717, 1.165) is 5.56 Å². The summed E-state index contributed by atoms with van der Waals surface area (Å²) in [7, 11) is 0. The quantitative estimate of drug-likeness (QED) is 0.713. The Morgan fingerprint density at radius 1 is 1.08 bits per heavy atom. The Labute approximate surface area is 151 Å². The monoisotopic (exact) mass is 356 g/mol. The molecule has 3 amide bonds. The number of benzene rings is 2. The normalized spacial score (nSPS) is 11.3. The average Bonchev–Trinajstić information content (AvgIpc) is 2.63. The molecule has 0 saturated carbocycles. The number of ether oxygens (including phenoxy) is 1. The van der Waals surface area contributed by atoms with Crippen molar-refractivity contribution in [1.29, 1.82) is 0 Å². The number of imide groups is 1. The summed E-state index contributed by atoms with van der Waals surface area (Å²) in [5.74, 6) is -1.82. The van der Waals surface area contributed by atoms with E-state index in [-0.39, 0.29) is 17.9 Å². The Morgan fingerprint density at radius 2 is 1.77 bits per heavy atom. The molecule has 0 aliphatic carbocycles. The van der Waals surface area contributed by atoms with Gasteiger partial charge in [-0.3, -0.25) is 10.1 Å². The summed E-state index contributed by atoms with van der Waals surface area (Å²) >= 11 is 0. The number of carbonyl (C=O) groups excluding carboxylic acids is 3. The molecule has 1 atom stereocenters. The zero-order chi connectivity index (χ0) is 19.1. The number of phenols is 1. The molecule has 7 nitrogen and oxygen atoms in total. The maximum Gasteiger partial charge on any atom is 0.342 e. The van der Waals surface area contributed by atoms with Crippen molar-refractivity contribution in [3.8, 4) is 5.75 Å². The van der Waals surface area contributed by atoms with Crippen LogP contribution in [0.15, 0.2) is 48.5 Å². The van der Waals surface area contributed by atoms with E-state index < -0.39 is 24.0 Å². The predicted octanol–water partition coefficient (Wildman–Crippen LogP) is 2.27. The number of rotatable bonds is 5. The number of aromatic hydroxyl groups is 1. The molecular weight excluding hydrogens is 336 g/mol. The van der Waals surface area contributed by atoms with Crippen LogP contribution < -0.4 is 10.6 Å². The van der Waals surface area contributed by atoms with Gasteiger partial charge < -0.3 is 15.2 Å². The lowest BCUT2D eigenvalue weighted by Gasteiger charge is -2.14. The summed E-state index contributed by atoms with van der Waals surface area (Å²) < 4.78 is 5.01. The second-order valence-electron chi connectivity index (χ2n) is 5.68. The van der Waals surface area contributed by atoms with Crippen molar-refractivity contribution in [3.05, 3.63) is 65.2 Å². The minimum atomic E-state index is -1.20. The molecule has 136 valence electrons. The molecule has 0 aliphatic heterocycles. The number of aryl methyl sites for hydroxylation is 1. The lowest BCUT2D eigenvalue weighted by Crippen LogP contribution is -2.44. The molecular formula is C19H20N2O5. The average molecular weight is 356 g/mol. The van der Waals surface area contributed by atoms with Crippen molar-refractivity contribution in [2.45, 2.75) is 26.5 Å². The second kappa shape index (κ2) is 8.66. The summed E-state index contributed by atoms with van der Waals surface area (Å²) in [4.78, 5) is 35.8. The van der Waals surface area contributed by atoms with Crippen molar-refractivity contribution in [1.82, 2.24) is 10.6 Å². The van der Waals surface area contributed by atoms with E-state index in [2.05, 4.69) is 10.6 Å². The molecule has 0 spiro atoms. The fraction of sp³-hybridized carbons (Fsp3) is 0.211. The van der Waals surface area contributed by atoms with Crippen molar-refractivity contribution < 1.29 is 24.2 Å². The van der Waals surface area contributed by atoms with Gasteiger partial charge in [-0.05, 0) is 31.0 Å². The van der Waals surface area contributed by atoms with Crippen molar-refractivity contribution in [2.75, 3.05) is 0 Å². The van der Waals surface area contributed by atoms with Crippen LogP contribution in [-0.4, -0.2) is 29.1 Å². The van der Waals surface area contributed by atoms with E-state index >= 15 is 0 Å². The molecule has 0 bridgehead atoms. The van der Waals surface area contributed by atoms with E-state index in [9.17, 15) is 19.5 Å². The number of phenolic OH excluding ortho intramolecular Hbond substituents is 1. The minimum Gasteiger partial charge on any atom is -0.507 e. The number of hydrogen-bond donors (Lipinski definition) is 3. The third-order valence-electron chi connectivity index (χ3n) is 3.64. The van der Waals surface area contributed by atoms with Gasteiger partial charge in [-0.1, -0.05) is 42.5 Å². The van der Waals surface area contributed by atoms with Crippen molar-refractivity contribution in [2.24, 2.45) is 0 Å². The highest BCUT2D eigenvalue weighted by Crippen LogP contribution is 2.22. The SMILES string of the molecule is Cc1cccc(C(=O)OC(C)C(=O)NC(=O)NCc2ccccc2)c1O. The van der Waals surface area contributed by atoms with Gasteiger partial charge in [-0.25, -0.2) is 9.59 Å². The second-order valence-corrected chi connectivity index (χ2v) is 5.68. The predicted molar refractivity (Wildman–Crippen MR) is 94.5 cm³/mol. The van der Waals surface area contributed by atoms with Gasteiger partial charge in [-0.15, -0.1) is 0 Å². The number of carbonyl (C=O) groups is 3. The first-order valence-electron chi connectivity index (χ1n) is 8.00. The standard InChI is InChI=1S/C19H20N2O5/c1-12-7-6-10-15(16(12)22)18(24)26-13(2)17(23)21-19(25)20-11-14-8-4-3-5-9-14/h3-10,13,22H,11H2,1-2H3,(H2,20,21,23,25). The maximum atomic E-state index is 12.1. The molecule has 0 aromatic heterocycles. The first-order chi connectivity index (χ1) is 12.4. The van der Waals surface area contributed by atoms with Crippen LogP contribution in [0.5, 0.6) is 5.75 Å². The van der Waals surface area contributed by atoms with Gasteiger partial charge in [0.1, 0.15) is 11.3 Å². The first-order valence-corrected chi connectivity index (χ1v) is 8.00. The molecule has 2 aromatic carbocycles. The number of para-hydroxylation sites is 1. The number of esters is 1. The van der Waals surface area contributed by atoms with E-state index in [1.54, 1.807) is 19.1 Å². The molecule has 2 rings (SSSR count). The lowest BCUT2D eigenvalue weighted by molar-refractivity contribution is -0.127. The van der Waals surface area contributed by atoms with Crippen LogP contribution >= 0.6 is 0 Å². The molecule has 0 saturated heterocycles. The molecule has 0 radical (unpaired) electrons. The zero-order valence-corrected chi connectivity index (χ0v) is 14.5. The van der Waals surface area contributed by atoms with Crippen LogP contribution in [0.1, 0.15) is 28.4 Å². The van der Waals surface area contributed by atoms with Gasteiger partial charge in [0.2, 0.25) is 0 Å². The first kappa shape index (κ1) is 19.0. The number of nitrogens with one attached hydrogen (secondary N) is 2. The Balaban J connectivity index is 1.85. The highest BCUT2D eigenvalue weighted by atomic mass is 16.5. The fourth-order valence-corrected chi connectivity index (χ4v) is 2.14. The molecule has 0 aliphatic rings. The summed E-state index contributed by atoms with van der Waals surface area (Å²) in [5, 5.41) is 14.5. The number of hydrogen-bond acceptors (Lipinski definition) is 5. The number of urea groups is 1. The third-order valence-corrected chi connectivity index (χ3v) is 3.64. The molecule has 0 fully saturated rings. The molecule has 3 N–H and O–H groups in total. The van der Waals surface area contributed by atoms with Crippen LogP contribution in [0, 0.1) is 6.92 Å².